The van der Waals surface area contributed by atoms with Crippen molar-refractivity contribution in [3.63, 3.8) is 0 Å². The summed E-state index contributed by atoms with van der Waals surface area (Å²) in [6.45, 7) is 6.20. The van der Waals surface area contributed by atoms with Crippen molar-refractivity contribution in [1.29, 1.82) is 0 Å². The molecule has 0 spiro atoms. The monoisotopic (exact) mass is 279 g/mol. The molecule has 6 heteroatoms. The molecule has 0 aromatic carbocycles. The van der Waals surface area contributed by atoms with E-state index >= 15 is 0 Å². The molecule has 0 bridgehead atoms. The average Bonchev–Trinajstić information content (AvgIpc) is 2.95. The van der Waals surface area contributed by atoms with Crippen LogP contribution >= 0.6 is 0 Å². The molecule has 110 valence electrons. The van der Waals surface area contributed by atoms with Crippen molar-refractivity contribution < 1.29 is 14.1 Å². The van der Waals surface area contributed by atoms with Crippen molar-refractivity contribution in [2.75, 3.05) is 0 Å². The summed E-state index contributed by atoms with van der Waals surface area (Å²) in [6, 6.07) is 0.840. The number of rotatable bonds is 5. The second kappa shape index (κ2) is 6.07. The van der Waals surface area contributed by atoms with Gasteiger partial charge in [0.2, 0.25) is 11.8 Å². The summed E-state index contributed by atoms with van der Waals surface area (Å²) >= 11 is 0. The Morgan fingerprint density at radius 2 is 2.20 bits per heavy atom. The van der Waals surface area contributed by atoms with Gasteiger partial charge in [-0.3, -0.25) is 9.59 Å². The number of nitrogens with one attached hydrogen (secondary N) is 1. The highest BCUT2D eigenvalue weighted by Gasteiger charge is 2.41. The van der Waals surface area contributed by atoms with Crippen molar-refractivity contribution in [2.45, 2.75) is 52.2 Å². The van der Waals surface area contributed by atoms with Crippen LogP contribution in [0.5, 0.6) is 0 Å². The third kappa shape index (κ3) is 2.69. The van der Waals surface area contributed by atoms with Crippen LogP contribution in [0, 0.1) is 5.92 Å². The molecule has 1 aromatic rings. The Morgan fingerprint density at radius 3 is 2.75 bits per heavy atom. The first-order valence-electron chi connectivity index (χ1n) is 7.08. The van der Waals surface area contributed by atoms with E-state index in [2.05, 4.69) is 10.5 Å². The number of hydrogen-bond donors (Lipinski definition) is 1. The molecule has 1 fully saturated rings. The Bertz CT molecular complexity index is 472. The van der Waals surface area contributed by atoms with E-state index < -0.39 is 12.1 Å². The van der Waals surface area contributed by atoms with Crippen LogP contribution in [-0.4, -0.2) is 34.0 Å². The lowest BCUT2D eigenvalue weighted by atomic mass is 9.93. The van der Waals surface area contributed by atoms with Crippen LogP contribution in [0.1, 0.15) is 39.3 Å². The van der Waals surface area contributed by atoms with Gasteiger partial charge in [0.1, 0.15) is 24.0 Å². The maximum atomic E-state index is 12.6. The zero-order chi connectivity index (χ0) is 14.7. The highest BCUT2D eigenvalue weighted by atomic mass is 16.5. The second-order valence-corrected chi connectivity index (χ2v) is 5.25. The van der Waals surface area contributed by atoms with Crippen LogP contribution < -0.4 is 5.32 Å². The van der Waals surface area contributed by atoms with Gasteiger partial charge in [0, 0.05) is 6.07 Å². The third-order valence-electron chi connectivity index (χ3n) is 3.95. The molecule has 0 saturated carbocycles. The molecule has 1 aromatic heterocycles. The molecular formula is C14H21N3O3. The fraction of sp³-hybridized carbons (Fsp3) is 0.643. The van der Waals surface area contributed by atoms with Gasteiger partial charge in [-0.05, 0) is 12.3 Å². The highest BCUT2D eigenvalue weighted by Crippen LogP contribution is 2.21. The lowest BCUT2D eigenvalue weighted by Crippen LogP contribution is -2.64. The van der Waals surface area contributed by atoms with E-state index in [-0.39, 0.29) is 17.7 Å². The number of aromatic nitrogens is 1. The molecule has 6 nitrogen and oxygen atoms in total. The Kier molecular flexibility index (Phi) is 4.42. The Labute approximate surface area is 118 Å². The number of nitrogens with zero attached hydrogens (tertiary/aromatic N) is 2. The van der Waals surface area contributed by atoms with Crippen molar-refractivity contribution in [2.24, 2.45) is 5.92 Å². The SMILES string of the molecule is CCC(C)C1NC(=O)C(CC)N(Cc2ccon2)C1=O. The summed E-state index contributed by atoms with van der Waals surface area (Å²) < 4.78 is 4.79. The molecule has 1 N–H and O–H groups in total. The molecule has 2 heterocycles. The fourth-order valence-electron chi connectivity index (χ4n) is 2.49. The van der Waals surface area contributed by atoms with E-state index in [0.717, 1.165) is 6.42 Å². The van der Waals surface area contributed by atoms with E-state index in [1.54, 1.807) is 11.0 Å². The summed E-state index contributed by atoms with van der Waals surface area (Å²) in [5, 5.41) is 6.68. The minimum absolute atomic E-state index is 0.0335. The minimum atomic E-state index is -0.442. The van der Waals surface area contributed by atoms with E-state index in [4.69, 9.17) is 4.52 Å². The molecule has 3 unspecified atom stereocenters. The molecule has 2 amide bonds. The molecule has 1 aliphatic heterocycles. The van der Waals surface area contributed by atoms with Gasteiger partial charge in [-0.15, -0.1) is 0 Å². The second-order valence-electron chi connectivity index (χ2n) is 5.25. The first kappa shape index (κ1) is 14.6. The summed E-state index contributed by atoms with van der Waals surface area (Å²) in [6.07, 6.45) is 2.89. The van der Waals surface area contributed by atoms with Gasteiger partial charge in [-0.25, -0.2) is 0 Å². The van der Waals surface area contributed by atoms with Gasteiger partial charge < -0.3 is 14.7 Å². The van der Waals surface area contributed by atoms with Gasteiger partial charge in [0.05, 0.1) is 6.54 Å². The molecule has 0 aliphatic carbocycles. The first-order chi connectivity index (χ1) is 9.58. The average molecular weight is 279 g/mol. The normalized spacial score (nSPS) is 24.6. The van der Waals surface area contributed by atoms with Crippen LogP contribution in [0.25, 0.3) is 0 Å². The van der Waals surface area contributed by atoms with Crippen LogP contribution in [0.3, 0.4) is 0 Å². The van der Waals surface area contributed by atoms with Crippen LogP contribution in [0.4, 0.5) is 0 Å². The molecular weight excluding hydrogens is 258 g/mol. The molecule has 2 rings (SSSR count). The van der Waals surface area contributed by atoms with E-state index in [1.165, 1.54) is 6.26 Å². The number of carbonyl (C=O) groups excluding carboxylic acids is 2. The topological polar surface area (TPSA) is 75.4 Å². The summed E-state index contributed by atoms with van der Waals surface area (Å²) in [5.74, 6) is -0.00115. The van der Waals surface area contributed by atoms with E-state index in [0.29, 0.717) is 18.7 Å². The molecule has 1 saturated heterocycles. The molecule has 0 radical (unpaired) electrons. The fourth-order valence-corrected chi connectivity index (χ4v) is 2.49. The zero-order valence-electron chi connectivity index (χ0n) is 12.1. The van der Waals surface area contributed by atoms with Crippen LogP contribution in [0.2, 0.25) is 0 Å². The minimum Gasteiger partial charge on any atom is -0.364 e. The van der Waals surface area contributed by atoms with E-state index in [9.17, 15) is 9.59 Å². The maximum absolute atomic E-state index is 12.6. The van der Waals surface area contributed by atoms with Crippen LogP contribution in [0.15, 0.2) is 16.9 Å². The van der Waals surface area contributed by atoms with Gasteiger partial charge in [-0.2, -0.15) is 0 Å². The quantitative estimate of drug-likeness (QED) is 0.882. The number of carbonyl (C=O) groups is 2. The predicted molar refractivity (Wildman–Crippen MR) is 72.5 cm³/mol. The molecule has 3 atom stereocenters. The predicted octanol–water partition coefficient (Wildman–Crippen LogP) is 1.33. The van der Waals surface area contributed by atoms with Crippen LogP contribution in [-0.2, 0) is 16.1 Å². The summed E-state index contributed by atoms with van der Waals surface area (Å²) in [4.78, 5) is 26.4. The lowest BCUT2D eigenvalue weighted by molar-refractivity contribution is -0.151. The first-order valence-corrected chi connectivity index (χ1v) is 7.08. The van der Waals surface area contributed by atoms with Crippen molar-refractivity contribution in [3.05, 3.63) is 18.0 Å². The standard InChI is InChI=1S/C14H21N3O3/c1-4-9(3)12-14(19)17(8-10-6-7-20-16-10)11(5-2)13(18)15-12/h6-7,9,11-12H,4-5,8H2,1-3H3,(H,15,18). The number of piperazine rings is 1. The van der Waals surface area contributed by atoms with Crippen molar-refractivity contribution >= 4 is 11.8 Å². The smallest absolute Gasteiger partial charge is 0.246 e. The van der Waals surface area contributed by atoms with Crippen molar-refractivity contribution in [1.82, 2.24) is 15.4 Å². The summed E-state index contributed by atoms with van der Waals surface area (Å²) in [5.41, 5.74) is 0.661. The van der Waals surface area contributed by atoms with E-state index in [1.807, 2.05) is 20.8 Å². The Morgan fingerprint density at radius 1 is 1.45 bits per heavy atom. The third-order valence-corrected chi connectivity index (χ3v) is 3.95. The Balaban J connectivity index is 2.23. The number of amides is 2. The maximum Gasteiger partial charge on any atom is 0.246 e. The van der Waals surface area contributed by atoms with Crippen molar-refractivity contribution in [3.8, 4) is 0 Å². The lowest BCUT2D eigenvalue weighted by Gasteiger charge is -2.40. The Hall–Kier alpha value is -1.85. The summed E-state index contributed by atoms with van der Waals surface area (Å²) in [7, 11) is 0. The van der Waals surface area contributed by atoms with Gasteiger partial charge in [0.25, 0.3) is 0 Å². The molecule has 20 heavy (non-hydrogen) atoms. The van der Waals surface area contributed by atoms with Gasteiger partial charge in [0.15, 0.2) is 0 Å². The van der Waals surface area contributed by atoms with Gasteiger partial charge >= 0.3 is 0 Å². The highest BCUT2D eigenvalue weighted by molar-refractivity contribution is 5.97. The number of hydrogen-bond acceptors (Lipinski definition) is 4. The largest absolute Gasteiger partial charge is 0.364 e. The molecule has 1 aliphatic rings. The zero-order valence-corrected chi connectivity index (χ0v) is 12.1. The van der Waals surface area contributed by atoms with Gasteiger partial charge in [-0.1, -0.05) is 32.3 Å².